The number of sulfone groups is 1. The molecule has 2 N–H and O–H groups in total. The van der Waals surface area contributed by atoms with E-state index in [1.165, 1.54) is 19.1 Å². The first-order chi connectivity index (χ1) is 10.1. The zero-order chi connectivity index (χ0) is 16.5. The molecule has 1 heterocycles. The van der Waals surface area contributed by atoms with Crippen LogP contribution in [0.4, 0.5) is 0 Å². The van der Waals surface area contributed by atoms with Gasteiger partial charge in [0, 0.05) is 18.8 Å². The zero-order valence-corrected chi connectivity index (χ0v) is 14.6. The van der Waals surface area contributed by atoms with Crippen LogP contribution in [0.25, 0.3) is 0 Å². The van der Waals surface area contributed by atoms with Gasteiger partial charge in [0.15, 0.2) is 9.84 Å². The Hall–Kier alpha value is -0.960. The van der Waals surface area contributed by atoms with Crippen molar-refractivity contribution in [3.8, 4) is 0 Å². The van der Waals surface area contributed by atoms with Gasteiger partial charge < -0.3 is 5.32 Å². The van der Waals surface area contributed by atoms with Crippen LogP contribution in [-0.2, 0) is 19.9 Å². The third-order valence-corrected chi connectivity index (χ3v) is 6.60. The monoisotopic (exact) mass is 346 g/mol. The normalized spacial score (nSPS) is 19.5. The molecule has 0 radical (unpaired) electrons. The Kier molecular flexibility index (Phi) is 4.96. The van der Waals surface area contributed by atoms with E-state index in [1.54, 1.807) is 6.92 Å². The minimum atomic E-state index is -3.74. The first-order valence-corrected chi connectivity index (χ1v) is 10.5. The van der Waals surface area contributed by atoms with Crippen molar-refractivity contribution < 1.29 is 16.8 Å². The van der Waals surface area contributed by atoms with Gasteiger partial charge in [-0.05, 0) is 56.5 Å². The fraction of sp³-hybridized carbons (Fsp3) is 0.571. The summed E-state index contributed by atoms with van der Waals surface area (Å²) in [7, 11) is -7.21. The van der Waals surface area contributed by atoms with Crippen LogP contribution in [0.2, 0.25) is 0 Å². The van der Waals surface area contributed by atoms with Gasteiger partial charge in [0.05, 0.1) is 9.79 Å². The Balaban J connectivity index is 2.36. The standard InChI is InChI=1S/C14H22N2O4S2/c1-10-7-13(21(3,17)18)11(2)14(8-10)22(19,20)16-9-12-5-4-6-15-12/h7-8,12,15-16H,4-6,9H2,1-3H3. The molecule has 1 fully saturated rings. The molecular weight excluding hydrogens is 324 g/mol. The van der Waals surface area contributed by atoms with Crippen LogP contribution in [0.3, 0.4) is 0 Å². The molecule has 0 saturated carbocycles. The van der Waals surface area contributed by atoms with E-state index in [-0.39, 0.29) is 21.4 Å². The highest BCUT2D eigenvalue weighted by Gasteiger charge is 2.24. The van der Waals surface area contributed by atoms with Crippen LogP contribution in [-0.4, -0.2) is 42.2 Å². The number of nitrogens with one attached hydrogen (secondary N) is 2. The Morgan fingerprint density at radius 3 is 2.36 bits per heavy atom. The van der Waals surface area contributed by atoms with E-state index >= 15 is 0 Å². The van der Waals surface area contributed by atoms with Gasteiger partial charge >= 0.3 is 0 Å². The van der Waals surface area contributed by atoms with Crippen molar-refractivity contribution >= 4 is 19.9 Å². The molecule has 0 spiro atoms. The average Bonchev–Trinajstić information content (AvgIpc) is 2.90. The molecule has 0 amide bonds. The van der Waals surface area contributed by atoms with E-state index in [0.29, 0.717) is 12.1 Å². The fourth-order valence-electron chi connectivity index (χ4n) is 2.68. The molecule has 0 bridgehead atoms. The van der Waals surface area contributed by atoms with Crippen molar-refractivity contribution in [1.82, 2.24) is 10.0 Å². The molecule has 1 unspecified atom stereocenters. The summed E-state index contributed by atoms with van der Waals surface area (Å²) < 4.78 is 51.2. The van der Waals surface area contributed by atoms with Crippen LogP contribution in [0.1, 0.15) is 24.0 Å². The summed E-state index contributed by atoms with van der Waals surface area (Å²) in [5.41, 5.74) is 0.866. The summed E-state index contributed by atoms with van der Waals surface area (Å²) in [5, 5.41) is 3.22. The third-order valence-electron chi connectivity index (χ3n) is 3.83. The van der Waals surface area contributed by atoms with Gasteiger partial charge in [-0.1, -0.05) is 0 Å². The molecule has 1 aliphatic heterocycles. The maximum atomic E-state index is 12.5. The predicted octanol–water partition coefficient (Wildman–Crippen LogP) is 0.737. The number of hydrogen-bond acceptors (Lipinski definition) is 5. The van der Waals surface area contributed by atoms with Crippen molar-refractivity contribution in [2.75, 3.05) is 19.3 Å². The number of benzene rings is 1. The SMILES string of the molecule is Cc1cc(S(C)(=O)=O)c(C)c(S(=O)(=O)NCC2CCCN2)c1. The lowest BCUT2D eigenvalue weighted by atomic mass is 10.2. The summed E-state index contributed by atoms with van der Waals surface area (Å²) in [6.45, 7) is 4.42. The molecule has 1 aromatic rings. The molecule has 1 atom stereocenters. The first-order valence-electron chi connectivity index (χ1n) is 7.15. The van der Waals surface area contributed by atoms with Crippen LogP contribution in [0.15, 0.2) is 21.9 Å². The van der Waals surface area contributed by atoms with Crippen LogP contribution in [0.5, 0.6) is 0 Å². The molecule has 124 valence electrons. The van der Waals surface area contributed by atoms with Crippen LogP contribution >= 0.6 is 0 Å². The second kappa shape index (κ2) is 6.27. The molecule has 8 heteroatoms. The molecule has 6 nitrogen and oxygen atoms in total. The lowest BCUT2D eigenvalue weighted by Crippen LogP contribution is -2.37. The van der Waals surface area contributed by atoms with E-state index < -0.39 is 19.9 Å². The van der Waals surface area contributed by atoms with Gasteiger partial charge in [0.1, 0.15) is 0 Å². The van der Waals surface area contributed by atoms with Gasteiger partial charge in [-0.25, -0.2) is 21.6 Å². The van der Waals surface area contributed by atoms with Crippen molar-refractivity contribution in [2.45, 2.75) is 42.5 Å². The quantitative estimate of drug-likeness (QED) is 0.820. The molecule has 1 saturated heterocycles. The van der Waals surface area contributed by atoms with Crippen LogP contribution in [0, 0.1) is 13.8 Å². The smallest absolute Gasteiger partial charge is 0.240 e. The largest absolute Gasteiger partial charge is 0.313 e. The minimum Gasteiger partial charge on any atom is -0.313 e. The number of rotatable bonds is 5. The summed E-state index contributed by atoms with van der Waals surface area (Å²) >= 11 is 0. The number of aryl methyl sites for hydroxylation is 1. The van der Waals surface area contributed by atoms with E-state index in [4.69, 9.17) is 0 Å². The Bertz CT molecular complexity index is 764. The van der Waals surface area contributed by atoms with Crippen LogP contribution < -0.4 is 10.0 Å². The van der Waals surface area contributed by atoms with Gasteiger partial charge in [0.25, 0.3) is 0 Å². The van der Waals surface area contributed by atoms with Gasteiger partial charge in [-0.15, -0.1) is 0 Å². The second-order valence-electron chi connectivity index (χ2n) is 5.80. The van der Waals surface area contributed by atoms with Crippen molar-refractivity contribution in [3.63, 3.8) is 0 Å². The van der Waals surface area contributed by atoms with E-state index in [9.17, 15) is 16.8 Å². The van der Waals surface area contributed by atoms with Gasteiger partial charge in [0.2, 0.25) is 10.0 Å². The van der Waals surface area contributed by atoms with Gasteiger partial charge in [-0.2, -0.15) is 0 Å². The summed E-state index contributed by atoms with van der Waals surface area (Å²) in [6.07, 6.45) is 3.05. The molecule has 1 aromatic carbocycles. The van der Waals surface area contributed by atoms with Crippen molar-refractivity contribution in [1.29, 1.82) is 0 Å². The summed E-state index contributed by atoms with van der Waals surface area (Å²) in [4.78, 5) is 0.0952. The number of hydrogen-bond donors (Lipinski definition) is 2. The van der Waals surface area contributed by atoms with E-state index in [2.05, 4.69) is 10.0 Å². The van der Waals surface area contributed by atoms with Gasteiger partial charge in [-0.3, -0.25) is 0 Å². The lowest BCUT2D eigenvalue weighted by molar-refractivity contribution is 0.551. The topological polar surface area (TPSA) is 92.3 Å². The van der Waals surface area contributed by atoms with Crippen molar-refractivity contribution in [2.24, 2.45) is 0 Å². The summed E-state index contributed by atoms with van der Waals surface area (Å²) in [5.74, 6) is 0. The highest BCUT2D eigenvalue weighted by molar-refractivity contribution is 7.91. The summed E-state index contributed by atoms with van der Waals surface area (Å²) in [6, 6.07) is 3.14. The Morgan fingerprint density at radius 2 is 1.82 bits per heavy atom. The van der Waals surface area contributed by atoms with E-state index in [0.717, 1.165) is 25.6 Å². The molecule has 0 aromatic heterocycles. The first kappa shape index (κ1) is 17.4. The number of sulfonamides is 1. The molecule has 22 heavy (non-hydrogen) atoms. The predicted molar refractivity (Wildman–Crippen MR) is 85.2 cm³/mol. The molecule has 0 aliphatic carbocycles. The molecule has 2 rings (SSSR count). The molecule has 1 aliphatic rings. The second-order valence-corrected chi connectivity index (χ2v) is 9.52. The fourth-order valence-corrected chi connectivity index (χ4v) is 5.24. The lowest BCUT2D eigenvalue weighted by Gasteiger charge is -2.15. The Labute approximate surface area is 132 Å². The maximum absolute atomic E-state index is 12.5. The zero-order valence-electron chi connectivity index (χ0n) is 13.0. The average molecular weight is 346 g/mol. The maximum Gasteiger partial charge on any atom is 0.240 e. The highest BCUT2D eigenvalue weighted by Crippen LogP contribution is 2.25. The van der Waals surface area contributed by atoms with E-state index in [1.807, 2.05) is 0 Å². The third kappa shape index (κ3) is 3.87. The Morgan fingerprint density at radius 1 is 1.18 bits per heavy atom. The van der Waals surface area contributed by atoms with Crippen molar-refractivity contribution in [3.05, 3.63) is 23.3 Å². The highest BCUT2D eigenvalue weighted by atomic mass is 32.2. The molecular formula is C14H22N2O4S2. The minimum absolute atomic E-state index is 0.0333.